The van der Waals surface area contributed by atoms with Crippen LogP contribution in [0.1, 0.15) is 17.5 Å². The van der Waals surface area contributed by atoms with Gasteiger partial charge in [0.15, 0.2) is 5.78 Å². The molecule has 0 aliphatic carbocycles. The number of methoxy groups -OCH3 is 1. The molecule has 0 saturated carbocycles. The molecule has 3 atom stereocenters. The Kier molecular flexibility index (Phi) is 9.89. The van der Waals surface area contributed by atoms with Gasteiger partial charge >= 0.3 is 0 Å². The van der Waals surface area contributed by atoms with Crippen LogP contribution in [0.2, 0.25) is 10.0 Å². The van der Waals surface area contributed by atoms with Crippen LogP contribution in [-0.2, 0) is 27.2 Å². The highest BCUT2D eigenvalue weighted by Gasteiger charge is 2.31. The summed E-state index contributed by atoms with van der Waals surface area (Å²) in [5.41, 5.74) is 3.30. The average Bonchev–Trinajstić information content (AvgIpc) is 3.35. The molecule has 0 aliphatic heterocycles. The molecule has 186 valence electrons. The molecular weight excluding hydrogens is 493 g/mol. The van der Waals surface area contributed by atoms with Gasteiger partial charge in [0.2, 0.25) is 5.91 Å². The molecule has 3 N–H and O–H groups in total. The van der Waals surface area contributed by atoms with Gasteiger partial charge in [-0.3, -0.25) is 9.59 Å². The second kappa shape index (κ2) is 12.9. The van der Waals surface area contributed by atoms with Crippen LogP contribution in [0.5, 0.6) is 0 Å². The van der Waals surface area contributed by atoms with E-state index in [4.69, 9.17) is 32.4 Å². The molecule has 1 amide bonds. The molecule has 0 spiro atoms. The minimum atomic E-state index is -1.66. The van der Waals surface area contributed by atoms with Crippen molar-refractivity contribution in [1.29, 1.82) is 0 Å². The van der Waals surface area contributed by atoms with Crippen molar-refractivity contribution in [3.63, 3.8) is 0 Å². The number of rotatable bonds is 12. The van der Waals surface area contributed by atoms with Gasteiger partial charge in [-0.15, -0.1) is 0 Å². The Morgan fingerprint density at radius 3 is 2.29 bits per heavy atom. The second-order valence-corrected chi connectivity index (χ2v) is 9.07. The smallest absolute Gasteiger partial charge is 0.246 e. The minimum Gasteiger partial charge on any atom is -0.472 e. The predicted molar refractivity (Wildman–Crippen MR) is 133 cm³/mol. The molecule has 3 unspecified atom stereocenters. The lowest BCUT2D eigenvalue weighted by Crippen LogP contribution is -2.50. The lowest BCUT2D eigenvalue weighted by atomic mass is 9.93. The Hall–Kier alpha value is -2.68. The maximum Gasteiger partial charge on any atom is 0.246 e. The Balaban J connectivity index is 1.72. The number of benzene rings is 2. The molecule has 2 aromatic carbocycles. The molecule has 7 nitrogen and oxygen atoms in total. The Labute approximate surface area is 213 Å². The third-order valence-electron chi connectivity index (χ3n) is 5.51. The van der Waals surface area contributed by atoms with E-state index in [0.717, 1.165) is 22.3 Å². The summed E-state index contributed by atoms with van der Waals surface area (Å²) in [5.74, 6) is -1.18. The fraction of sp³-hybridized carbons (Fsp3) is 0.308. The van der Waals surface area contributed by atoms with Crippen molar-refractivity contribution in [3.8, 4) is 11.1 Å². The molecule has 3 rings (SSSR count). The summed E-state index contributed by atoms with van der Waals surface area (Å²) in [5, 5.41) is 24.5. The lowest BCUT2D eigenvalue weighted by Gasteiger charge is -2.23. The van der Waals surface area contributed by atoms with Crippen molar-refractivity contribution >= 4 is 34.9 Å². The molecule has 1 heterocycles. The van der Waals surface area contributed by atoms with E-state index < -0.39 is 29.9 Å². The van der Waals surface area contributed by atoms with Crippen molar-refractivity contribution in [2.45, 2.75) is 37.5 Å². The van der Waals surface area contributed by atoms with Crippen molar-refractivity contribution in [2.24, 2.45) is 0 Å². The van der Waals surface area contributed by atoms with Crippen LogP contribution in [-0.4, -0.2) is 53.9 Å². The highest BCUT2D eigenvalue weighted by atomic mass is 35.5. The number of ketones is 1. The lowest BCUT2D eigenvalue weighted by molar-refractivity contribution is -0.138. The second-order valence-electron chi connectivity index (χ2n) is 8.20. The van der Waals surface area contributed by atoms with E-state index in [9.17, 15) is 19.8 Å². The summed E-state index contributed by atoms with van der Waals surface area (Å²) in [4.78, 5) is 25.2. The molecule has 1 aromatic heterocycles. The summed E-state index contributed by atoms with van der Waals surface area (Å²) in [7, 11) is 1.37. The number of hydrogen-bond acceptors (Lipinski definition) is 6. The first-order valence-corrected chi connectivity index (χ1v) is 11.8. The van der Waals surface area contributed by atoms with Gasteiger partial charge in [-0.1, -0.05) is 47.5 Å². The Bertz CT molecular complexity index is 1100. The fourth-order valence-electron chi connectivity index (χ4n) is 3.68. The van der Waals surface area contributed by atoms with Crippen LogP contribution in [0.3, 0.4) is 0 Å². The molecular formula is C26H27Cl2NO6. The standard InChI is InChI=1S/C26H27Cl2NO6/c1-34-15-24(31)29-22(25(32)26(33)23(30)7-4-17-8-9-35-14-17)10-16-2-5-18(6-3-16)19-11-20(27)13-21(28)12-19/h2-3,5-6,8-9,11-14,22-23,26,30,33H,4,7,10,15H2,1H3,(H,29,31). The highest BCUT2D eigenvalue weighted by molar-refractivity contribution is 6.35. The summed E-state index contributed by atoms with van der Waals surface area (Å²) in [6, 6.07) is 13.3. The number of amides is 1. The molecule has 3 aromatic rings. The normalized spacial score (nSPS) is 13.7. The third kappa shape index (κ3) is 7.92. The number of carbonyl (C=O) groups is 2. The maximum atomic E-state index is 13.0. The first-order valence-electron chi connectivity index (χ1n) is 11.0. The number of hydrogen-bond donors (Lipinski definition) is 3. The first kappa shape index (κ1) is 26.9. The maximum absolute atomic E-state index is 13.0. The number of furan rings is 1. The monoisotopic (exact) mass is 519 g/mol. The zero-order valence-corrected chi connectivity index (χ0v) is 20.6. The molecule has 0 bridgehead atoms. The first-order chi connectivity index (χ1) is 16.8. The number of nitrogens with one attached hydrogen (secondary N) is 1. The number of aryl methyl sites for hydroxylation is 1. The quantitative estimate of drug-likeness (QED) is 0.335. The zero-order valence-electron chi connectivity index (χ0n) is 19.1. The van der Waals surface area contributed by atoms with Crippen molar-refractivity contribution < 1.29 is 29.0 Å². The van der Waals surface area contributed by atoms with E-state index in [1.165, 1.54) is 19.6 Å². The SMILES string of the molecule is COCC(=O)NC(Cc1ccc(-c2cc(Cl)cc(Cl)c2)cc1)C(=O)C(O)C(O)CCc1ccoc1. The highest BCUT2D eigenvalue weighted by Crippen LogP contribution is 2.27. The molecule has 0 saturated heterocycles. The summed E-state index contributed by atoms with van der Waals surface area (Å²) >= 11 is 12.2. The average molecular weight is 520 g/mol. The van der Waals surface area contributed by atoms with E-state index in [2.05, 4.69) is 5.32 Å². The topological polar surface area (TPSA) is 109 Å². The Morgan fingerprint density at radius 1 is 1.00 bits per heavy atom. The van der Waals surface area contributed by atoms with Crippen LogP contribution in [0, 0.1) is 0 Å². The molecule has 35 heavy (non-hydrogen) atoms. The molecule has 0 radical (unpaired) electrons. The molecule has 0 aliphatic rings. The van der Waals surface area contributed by atoms with Gasteiger partial charge < -0.3 is 24.7 Å². The van der Waals surface area contributed by atoms with Crippen LogP contribution >= 0.6 is 23.2 Å². The zero-order chi connectivity index (χ0) is 25.4. The van der Waals surface area contributed by atoms with Crippen molar-refractivity contribution in [3.05, 3.63) is 82.2 Å². The van der Waals surface area contributed by atoms with Crippen molar-refractivity contribution in [2.75, 3.05) is 13.7 Å². The fourth-order valence-corrected chi connectivity index (χ4v) is 4.21. The van der Waals surface area contributed by atoms with Crippen LogP contribution in [0.25, 0.3) is 11.1 Å². The van der Waals surface area contributed by atoms with Gasteiger partial charge in [0.1, 0.15) is 12.7 Å². The number of aliphatic hydroxyl groups is 2. The number of halogens is 2. The van der Waals surface area contributed by atoms with Crippen LogP contribution in [0.15, 0.2) is 65.5 Å². The molecule has 0 fully saturated rings. The third-order valence-corrected chi connectivity index (χ3v) is 5.95. The largest absolute Gasteiger partial charge is 0.472 e. The summed E-state index contributed by atoms with van der Waals surface area (Å²) in [6.45, 7) is -0.239. The molecule has 9 heteroatoms. The van der Waals surface area contributed by atoms with Gasteiger partial charge in [-0.2, -0.15) is 0 Å². The van der Waals surface area contributed by atoms with Gasteiger partial charge in [-0.05, 0) is 65.8 Å². The van der Waals surface area contributed by atoms with Crippen LogP contribution in [0.4, 0.5) is 0 Å². The van der Waals surface area contributed by atoms with E-state index in [0.29, 0.717) is 16.5 Å². The van der Waals surface area contributed by atoms with E-state index in [1.807, 2.05) is 24.3 Å². The number of ether oxygens (including phenoxy) is 1. The summed E-state index contributed by atoms with van der Waals surface area (Å²) in [6.07, 6.45) is 0.791. The van der Waals surface area contributed by atoms with E-state index in [1.54, 1.807) is 24.3 Å². The van der Waals surface area contributed by atoms with Crippen molar-refractivity contribution in [1.82, 2.24) is 5.32 Å². The van der Waals surface area contributed by atoms with Gasteiger partial charge in [0.25, 0.3) is 0 Å². The van der Waals surface area contributed by atoms with E-state index in [-0.39, 0.29) is 19.4 Å². The predicted octanol–water partition coefficient (Wildman–Crippen LogP) is 3.85. The van der Waals surface area contributed by atoms with Gasteiger partial charge in [0.05, 0.1) is 24.7 Å². The van der Waals surface area contributed by atoms with Gasteiger partial charge in [-0.25, -0.2) is 0 Å². The Morgan fingerprint density at radius 2 is 1.69 bits per heavy atom. The van der Waals surface area contributed by atoms with Gasteiger partial charge in [0, 0.05) is 17.2 Å². The minimum absolute atomic E-state index is 0.121. The number of aliphatic hydroxyl groups excluding tert-OH is 2. The number of carbonyl (C=O) groups excluding carboxylic acids is 2. The number of Topliss-reactive ketones (excluding diaryl/α,β-unsaturated/α-hetero) is 1. The van der Waals surface area contributed by atoms with E-state index >= 15 is 0 Å². The van der Waals surface area contributed by atoms with Crippen LogP contribution < -0.4 is 5.32 Å². The summed E-state index contributed by atoms with van der Waals surface area (Å²) < 4.78 is 9.83.